The van der Waals surface area contributed by atoms with Crippen LogP contribution in [0.25, 0.3) is 0 Å². The van der Waals surface area contributed by atoms with Gasteiger partial charge in [0, 0.05) is 24.9 Å². The molecule has 78 valence electrons. The molecular weight excluding hydrogens is 174 g/mol. The van der Waals surface area contributed by atoms with Gasteiger partial charge in [0.25, 0.3) is 0 Å². The molecule has 0 spiro atoms. The molecule has 3 nitrogen and oxygen atoms in total. The monoisotopic (exact) mass is 193 g/mol. The summed E-state index contributed by atoms with van der Waals surface area (Å²) < 4.78 is 0. The molecule has 14 heavy (non-hydrogen) atoms. The Balaban J connectivity index is 3.17. The van der Waals surface area contributed by atoms with Crippen LogP contribution in [0.15, 0.2) is 6.07 Å². The summed E-state index contributed by atoms with van der Waals surface area (Å²) in [4.78, 5) is 8.88. The highest BCUT2D eigenvalue weighted by Crippen LogP contribution is 2.22. The molecule has 0 aliphatic rings. The van der Waals surface area contributed by atoms with Crippen LogP contribution in [-0.4, -0.2) is 17.0 Å². The van der Waals surface area contributed by atoms with Gasteiger partial charge in [-0.05, 0) is 0 Å². The predicted molar refractivity (Wildman–Crippen MR) is 59.7 cm³/mol. The van der Waals surface area contributed by atoms with Crippen molar-refractivity contribution in [2.45, 2.75) is 39.5 Å². The molecule has 1 aromatic heterocycles. The lowest BCUT2D eigenvalue weighted by atomic mass is 9.92. The quantitative estimate of drug-likeness (QED) is 0.783. The number of nitrogens with one attached hydrogen (secondary N) is 1. The van der Waals surface area contributed by atoms with Crippen molar-refractivity contribution >= 4 is 5.82 Å². The van der Waals surface area contributed by atoms with Crippen LogP contribution >= 0.6 is 0 Å². The summed E-state index contributed by atoms with van der Waals surface area (Å²) in [6, 6.07) is 2.01. The van der Waals surface area contributed by atoms with Crippen molar-refractivity contribution in [3.8, 4) is 0 Å². The molecule has 1 N–H and O–H groups in total. The van der Waals surface area contributed by atoms with E-state index in [1.54, 1.807) is 0 Å². The number of hydrogen-bond acceptors (Lipinski definition) is 3. The molecule has 0 unspecified atom stereocenters. The van der Waals surface area contributed by atoms with Crippen LogP contribution in [0.1, 0.15) is 39.2 Å². The van der Waals surface area contributed by atoms with Gasteiger partial charge in [-0.25, -0.2) is 9.97 Å². The minimum absolute atomic E-state index is 0.0818. The first-order valence-corrected chi connectivity index (χ1v) is 5.03. The molecular formula is C11H19N3. The van der Waals surface area contributed by atoms with Crippen LogP contribution in [-0.2, 0) is 11.8 Å². The van der Waals surface area contributed by atoms with Gasteiger partial charge in [-0.15, -0.1) is 0 Å². The molecule has 0 aliphatic heterocycles. The molecule has 0 saturated carbocycles. The minimum atomic E-state index is 0.0818. The molecule has 3 heteroatoms. The van der Waals surface area contributed by atoms with Crippen molar-refractivity contribution in [3.05, 3.63) is 17.6 Å². The fraction of sp³-hybridized carbons (Fsp3) is 0.636. The van der Waals surface area contributed by atoms with Crippen molar-refractivity contribution in [2.24, 2.45) is 0 Å². The van der Waals surface area contributed by atoms with E-state index in [1.807, 2.05) is 13.1 Å². The maximum Gasteiger partial charge on any atom is 0.130 e. The maximum atomic E-state index is 4.52. The Morgan fingerprint density at radius 2 is 1.93 bits per heavy atom. The van der Waals surface area contributed by atoms with E-state index in [4.69, 9.17) is 0 Å². The van der Waals surface area contributed by atoms with Crippen molar-refractivity contribution in [1.29, 1.82) is 0 Å². The standard InChI is InChI=1S/C11H19N3/c1-6-9-13-8(11(2,3)4)7-10(12-5)14-9/h7H,6H2,1-5H3,(H,12,13,14). The molecule has 1 heterocycles. The summed E-state index contributed by atoms with van der Waals surface area (Å²) in [5, 5.41) is 3.06. The van der Waals surface area contributed by atoms with Gasteiger partial charge < -0.3 is 5.32 Å². The van der Waals surface area contributed by atoms with Crippen LogP contribution < -0.4 is 5.32 Å². The first kappa shape index (κ1) is 11.0. The van der Waals surface area contributed by atoms with E-state index in [0.29, 0.717) is 0 Å². The fourth-order valence-corrected chi connectivity index (χ4v) is 1.17. The SMILES string of the molecule is CCc1nc(NC)cc(C(C)(C)C)n1. The number of nitrogens with zero attached hydrogens (tertiary/aromatic N) is 2. The second-order valence-corrected chi connectivity index (χ2v) is 4.41. The van der Waals surface area contributed by atoms with Gasteiger partial charge in [0.05, 0.1) is 5.69 Å². The number of aryl methyl sites for hydroxylation is 1. The average Bonchev–Trinajstić information content (AvgIpc) is 2.15. The van der Waals surface area contributed by atoms with Crippen molar-refractivity contribution in [3.63, 3.8) is 0 Å². The Hall–Kier alpha value is -1.12. The largest absolute Gasteiger partial charge is 0.373 e. The van der Waals surface area contributed by atoms with Crippen molar-refractivity contribution in [2.75, 3.05) is 12.4 Å². The summed E-state index contributed by atoms with van der Waals surface area (Å²) in [6.45, 7) is 8.55. The second-order valence-electron chi connectivity index (χ2n) is 4.41. The Kier molecular flexibility index (Phi) is 3.09. The minimum Gasteiger partial charge on any atom is -0.373 e. The van der Waals surface area contributed by atoms with Crippen LogP contribution in [0.5, 0.6) is 0 Å². The summed E-state index contributed by atoms with van der Waals surface area (Å²) >= 11 is 0. The van der Waals surface area contributed by atoms with Gasteiger partial charge in [0.1, 0.15) is 11.6 Å². The topological polar surface area (TPSA) is 37.8 Å². The molecule has 0 fully saturated rings. The first-order valence-electron chi connectivity index (χ1n) is 5.03. The van der Waals surface area contributed by atoms with Gasteiger partial charge in [0.2, 0.25) is 0 Å². The van der Waals surface area contributed by atoms with Crippen molar-refractivity contribution in [1.82, 2.24) is 9.97 Å². The zero-order valence-corrected chi connectivity index (χ0v) is 9.68. The zero-order chi connectivity index (χ0) is 10.8. The lowest BCUT2D eigenvalue weighted by Crippen LogP contribution is -2.16. The third-order valence-corrected chi connectivity index (χ3v) is 2.11. The lowest BCUT2D eigenvalue weighted by Gasteiger charge is -2.19. The number of aromatic nitrogens is 2. The van der Waals surface area contributed by atoms with Crippen molar-refractivity contribution < 1.29 is 0 Å². The molecule has 0 atom stereocenters. The first-order chi connectivity index (χ1) is 6.47. The highest BCUT2D eigenvalue weighted by Gasteiger charge is 2.17. The Labute approximate surface area is 86.0 Å². The Morgan fingerprint density at radius 1 is 1.29 bits per heavy atom. The zero-order valence-electron chi connectivity index (χ0n) is 9.68. The highest BCUT2D eigenvalue weighted by molar-refractivity contribution is 5.37. The molecule has 0 aliphatic carbocycles. The maximum absolute atomic E-state index is 4.52. The third-order valence-electron chi connectivity index (χ3n) is 2.11. The fourth-order valence-electron chi connectivity index (χ4n) is 1.17. The van der Waals surface area contributed by atoms with Crippen LogP contribution in [0.2, 0.25) is 0 Å². The number of hydrogen-bond donors (Lipinski definition) is 1. The average molecular weight is 193 g/mol. The number of anilines is 1. The summed E-state index contributed by atoms with van der Waals surface area (Å²) in [5.41, 5.74) is 1.17. The third kappa shape index (κ3) is 2.44. The van der Waals surface area contributed by atoms with E-state index in [1.165, 1.54) is 0 Å². The predicted octanol–water partition coefficient (Wildman–Crippen LogP) is 2.38. The summed E-state index contributed by atoms with van der Waals surface area (Å²) in [7, 11) is 1.88. The molecule has 0 saturated heterocycles. The van der Waals surface area contributed by atoms with Crippen LogP contribution in [0.3, 0.4) is 0 Å². The van der Waals surface area contributed by atoms with E-state index in [0.717, 1.165) is 23.8 Å². The highest BCUT2D eigenvalue weighted by atomic mass is 15.0. The van der Waals surface area contributed by atoms with Gasteiger partial charge >= 0.3 is 0 Å². The molecule has 1 rings (SSSR count). The number of rotatable bonds is 2. The molecule has 0 bridgehead atoms. The van der Waals surface area contributed by atoms with E-state index >= 15 is 0 Å². The molecule has 0 amide bonds. The normalized spacial score (nSPS) is 11.5. The van der Waals surface area contributed by atoms with E-state index in [2.05, 4.69) is 43.0 Å². The molecule has 0 radical (unpaired) electrons. The lowest BCUT2D eigenvalue weighted by molar-refractivity contribution is 0.563. The second kappa shape index (κ2) is 3.95. The molecule has 1 aromatic rings. The van der Waals surface area contributed by atoms with Gasteiger partial charge in [-0.2, -0.15) is 0 Å². The Bertz CT molecular complexity index is 291. The Morgan fingerprint density at radius 3 is 2.36 bits per heavy atom. The van der Waals surface area contributed by atoms with E-state index < -0.39 is 0 Å². The van der Waals surface area contributed by atoms with E-state index in [-0.39, 0.29) is 5.41 Å². The van der Waals surface area contributed by atoms with Crippen LogP contribution in [0, 0.1) is 0 Å². The van der Waals surface area contributed by atoms with Crippen LogP contribution in [0.4, 0.5) is 5.82 Å². The van der Waals surface area contributed by atoms with Gasteiger partial charge in [0.15, 0.2) is 0 Å². The van der Waals surface area contributed by atoms with E-state index in [9.17, 15) is 0 Å². The molecule has 0 aromatic carbocycles. The smallest absolute Gasteiger partial charge is 0.130 e. The summed E-state index contributed by atoms with van der Waals surface area (Å²) in [6.07, 6.45) is 0.874. The van der Waals surface area contributed by atoms with Gasteiger partial charge in [-0.1, -0.05) is 27.7 Å². The van der Waals surface area contributed by atoms with Gasteiger partial charge in [-0.3, -0.25) is 0 Å². The summed E-state index contributed by atoms with van der Waals surface area (Å²) in [5.74, 6) is 1.81.